The average molecular weight is 237 g/mol. The van der Waals surface area contributed by atoms with Crippen molar-refractivity contribution in [3.63, 3.8) is 0 Å². The van der Waals surface area contributed by atoms with Crippen molar-refractivity contribution in [3.8, 4) is 0 Å². The molecule has 0 N–H and O–H groups in total. The molecule has 0 saturated carbocycles. The van der Waals surface area contributed by atoms with E-state index < -0.39 is 5.95 Å². The largest absolute Gasteiger partial charge is 0.227 e. The van der Waals surface area contributed by atoms with Gasteiger partial charge in [0.2, 0.25) is 5.95 Å². The van der Waals surface area contributed by atoms with Gasteiger partial charge in [-0.2, -0.15) is 4.39 Å². The number of pyridine rings is 1. The van der Waals surface area contributed by atoms with E-state index in [2.05, 4.69) is 27.6 Å². The first-order valence-electron chi connectivity index (χ1n) is 2.48. The average Bonchev–Trinajstić information content (AvgIpc) is 1.80. The van der Waals surface area contributed by atoms with Crippen molar-refractivity contribution in [2.24, 2.45) is 0 Å². The first kappa shape index (κ1) is 6.92. The minimum Gasteiger partial charge on any atom is -0.227 e. The van der Waals surface area contributed by atoms with Gasteiger partial charge in [-0.05, 0) is 41.1 Å². The SMILES string of the molecule is Cc1cc(F)ncc1I. The first-order chi connectivity index (χ1) is 4.20. The van der Waals surface area contributed by atoms with E-state index in [0.29, 0.717) is 0 Å². The Hall–Kier alpha value is -0.190. The smallest absolute Gasteiger partial charge is 0.213 e. The Kier molecular flexibility index (Phi) is 2.00. The highest BCUT2D eigenvalue weighted by Gasteiger charge is 1.94. The molecule has 0 bridgehead atoms. The van der Waals surface area contributed by atoms with Crippen LogP contribution in [0.1, 0.15) is 5.56 Å². The lowest BCUT2D eigenvalue weighted by Crippen LogP contribution is -1.85. The summed E-state index contributed by atoms with van der Waals surface area (Å²) in [5.41, 5.74) is 0.933. The summed E-state index contributed by atoms with van der Waals surface area (Å²) in [4.78, 5) is 3.47. The third-order valence-corrected chi connectivity index (χ3v) is 2.14. The molecular formula is C6H5FIN. The molecule has 1 heterocycles. The molecule has 0 spiro atoms. The Morgan fingerprint density at radius 2 is 2.33 bits per heavy atom. The van der Waals surface area contributed by atoms with Gasteiger partial charge in [0, 0.05) is 9.77 Å². The summed E-state index contributed by atoms with van der Waals surface area (Å²) < 4.78 is 13.2. The van der Waals surface area contributed by atoms with Crippen LogP contribution in [0.3, 0.4) is 0 Å². The number of hydrogen-bond acceptors (Lipinski definition) is 1. The van der Waals surface area contributed by atoms with Crippen LogP contribution in [-0.2, 0) is 0 Å². The summed E-state index contributed by atoms with van der Waals surface area (Å²) in [6, 6.07) is 1.42. The van der Waals surface area contributed by atoms with Gasteiger partial charge in [0.1, 0.15) is 0 Å². The monoisotopic (exact) mass is 237 g/mol. The van der Waals surface area contributed by atoms with Gasteiger partial charge in [0.05, 0.1) is 0 Å². The maximum Gasteiger partial charge on any atom is 0.213 e. The van der Waals surface area contributed by atoms with Gasteiger partial charge >= 0.3 is 0 Å². The molecule has 0 atom stereocenters. The molecule has 0 radical (unpaired) electrons. The molecule has 9 heavy (non-hydrogen) atoms. The number of aromatic nitrogens is 1. The molecule has 1 aromatic rings. The molecule has 1 nitrogen and oxygen atoms in total. The van der Waals surface area contributed by atoms with Crippen molar-refractivity contribution >= 4 is 22.6 Å². The van der Waals surface area contributed by atoms with Crippen LogP contribution < -0.4 is 0 Å². The Labute approximate surface area is 66.4 Å². The maximum atomic E-state index is 12.2. The van der Waals surface area contributed by atoms with Crippen LogP contribution >= 0.6 is 22.6 Å². The van der Waals surface area contributed by atoms with E-state index in [0.717, 1.165) is 9.13 Å². The van der Waals surface area contributed by atoms with Crippen molar-refractivity contribution in [2.75, 3.05) is 0 Å². The second-order valence-electron chi connectivity index (χ2n) is 1.76. The van der Waals surface area contributed by atoms with E-state index in [1.165, 1.54) is 12.3 Å². The van der Waals surface area contributed by atoms with E-state index in [1.54, 1.807) is 0 Å². The van der Waals surface area contributed by atoms with E-state index >= 15 is 0 Å². The molecule has 1 rings (SSSR count). The van der Waals surface area contributed by atoms with Crippen molar-refractivity contribution in [1.82, 2.24) is 4.98 Å². The zero-order valence-corrected chi connectivity index (χ0v) is 7.02. The minimum atomic E-state index is -0.409. The van der Waals surface area contributed by atoms with Crippen molar-refractivity contribution in [1.29, 1.82) is 0 Å². The normalized spacial score (nSPS) is 9.67. The lowest BCUT2D eigenvalue weighted by atomic mass is 10.3. The van der Waals surface area contributed by atoms with Crippen LogP contribution in [0.5, 0.6) is 0 Å². The second-order valence-corrected chi connectivity index (χ2v) is 2.92. The van der Waals surface area contributed by atoms with Crippen LogP contribution in [0, 0.1) is 16.4 Å². The highest BCUT2D eigenvalue weighted by Crippen LogP contribution is 2.08. The van der Waals surface area contributed by atoms with Crippen LogP contribution in [0.2, 0.25) is 0 Å². The molecule has 0 amide bonds. The molecule has 0 fully saturated rings. The summed E-state index contributed by atoms with van der Waals surface area (Å²) in [6.45, 7) is 1.85. The molecule has 0 unspecified atom stereocenters. The Balaban J connectivity index is 3.17. The molecule has 0 aliphatic carbocycles. The van der Waals surface area contributed by atoms with Crippen molar-refractivity contribution in [2.45, 2.75) is 6.92 Å². The van der Waals surface area contributed by atoms with Gasteiger partial charge in [-0.3, -0.25) is 0 Å². The fourth-order valence-corrected chi connectivity index (χ4v) is 0.800. The summed E-state index contributed by atoms with van der Waals surface area (Å²) in [5.74, 6) is -0.409. The van der Waals surface area contributed by atoms with Crippen LogP contribution in [-0.4, -0.2) is 4.98 Å². The van der Waals surface area contributed by atoms with E-state index in [-0.39, 0.29) is 0 Å². The van der Waals surface area contributed by atoms with Crippen LogP contribution in [0.25, 0.3) is 0 Å². The molecule has 0 aromatic carbocycles. The topological polar surface area (TPSA) is 12.9 Å². The van der Waals surface area contributed by atoms with E-state index in [1.807, 2.05) is 6.92 Å². The number of hydrogen-bond donors (Lipinski definition) is 0. The van der Waals surface area contributed by atoms with Gasteiger partial charge in [0.15, 0.2) is 0 Å². The third-order valence-electron chi connectivity index (χ3n) is 1.01. The fourth-order valence-electron chi connectivity index (χ4n) is 0.505. The van der Waals surface area contributed by atoms with Gasteiger partial charge in [-0.25, -0.2) is 4.98 Å². The molecule has 1 aromatic heterocycles. The standard InChI is InChI=1S/C6H5FIN/c1-4-2-6(7)9-3-5(4)8/h2-3H,1H3. The number of nitrogens with zero attached hydrogens (tertiary/aromatic N) is 1. The van der Waals surface area contributed by atoms with Gasteiger partial charge in [0.25, 0.3) is 0 Å². The summed E-state index contributed by atoms with van der Waals surface area (Å²) in [7, 11) is 0. The highest BCUT2D eigenvalue weighted by molar-refractivity contribution is 14.1. The molecule has 0 saturated heterocycles. The van der Waals surface area contributed by atoms with Gasteiger partial charge < -0.3 is 0 Å². The van der Waals surface area contributed by atoms with Crippen molar-refractivity contribution in [3.05, 3.63) is 27.3 Å². The first-order valence-corrected chi connectivity index (χ1v) is 3.55. The van der Waals surface area contributed by atoms with E-state index in [9.17, 15) is 4.39 Å². The minimum absolute atomic E-state index is 0.409. The zero-order valence-electron chi connectivity index (χ0n) is 4.86. The number of aryl methyl sites for hydroxylation is 1. The predicted molar refractivity (Wildman–Crippen MR) is 41.6 cm³/mol. The molecule has 48 valence electrons. The van der Waals surface area contributed by atoms with Crippen LogP contribution in [0.4, 0.5) is 4.39 Å². The van der Waals surface area contributed by atoms with E-state index in [4.69, 9.17) is 0 Å². The van der Waals surface area contributed by atoms with Gasteiger partial charge in [-0.15, -0.1) is 0 Å². The summed E-state index contributed by atoms with van der Waals surface area (Å²) in [5, 5.41) is 0. The lowest BCUT2D eigenvalue weighted by Gasteiger charge is -1.93. The van der Waals surface area contributed by atoms with Gasteiger partial charge in [-0.1, -0.05) is 0 Å². The molecular weight excluding hydrogens is 232 g/mol. The summed E-state index contributed by atoms with van der Waals surface area (Å²) in [6.07, 6.45) is 1.52. The summed E-state index contributed by atoms with van der Waals surface area (Å²) >= 11 is 2.11. The second kappa shape index (κ2) is 2.60. The Morgan fingerprint density at radius 3 is 2.78 bits per heavy atom. The Morgan fingerprint density at radius 1 is 1.67 bits per heavy atom. The molecule has 0 aliphatic heterocycles. The number of halogens is 2. The Bertz CT molecular complexity index is 224. The number of rotatable bonds is 0. The fraction of sp³-hybridized carbons (Fsp3) is 0.167. The quantitative estimate of drug-likeness (QED) is 0.497. The predicted octanol–water partition coefficient (Wildman–Crippen LogP) is 2.13. The van der Waals surface area contributed by atoms with Crippen molar-refractivity contribution < 1.29 is 4.39 Å². The zero-order chi connectivity index (χ0) is 6.85. The molecule has 0 aliphatic rings. The lowest BCUT2D eigenvalue weighted by molar-refractivity contribution is 0.581. The third kappa shape index (κ3) is 1.61. The van der Waals surface area contributed by atoms with Crippen LogP contribution in [0.15, 0.2) is 12.3 Å². The molecule has 3 heteroatoms. The highest BCUT2D eigenvalue weighted by atomic mass is 127. The maximum absolute atomic E-state index is 12.2.